The molecule has 1 aliphatic rings. The lowest BCUT2D eigenvalue weighted by Crippen LogP contribution is -2.45. The van der Waals surface area contributed by atoms with Crippen LogP contribution in [0.4, 0.5) is 0 Å². The van der Waals surface area contributed by atoms with E-state index in [-0.39, 0.29) is 22.7 Å². The number of aromatic nitrogens is 1. The van der Waals surface area contributed by atoms with Gasteiger partial charge in [-0.25, -0.2) is 13.1 Å². The van der Waals surface area contributed by atoms with Gasteiger partial charge in [0.15, 0.2) is 5.76 Å². The molecule has 6 nitrogen and oxygen atoms in total. The van der Waals surface area contributed by atoms with Crippen molar-refractivity contribution in [1.29, 1.82) is 0 Å². The molecule has 1 atom stereocenters. The van der Waals surface area contributed by atoms with Gasteiger partial charge in [-0.1, -0.05) is 12.1 Å². The van der Waals surface area contributed by atoms with E-state index in [0.717, 1.165) is 25.9 Å². The van der Waals surface area contributed by atoms with E-state index in [2.05, 4.69) is 22.1 Å². The van der Waals surface area contributed by atoms with Gasteiger partial charge in [0.05, 0.1) is 0 Å². The molecule has 1 aromatic heterocycles. The number of halogens is 1. The zero-order chi connectivity index (χ0) is 14.1. The van der Waals surface area contributed by atoms with Crippen LogP contribution in [0.25, 0.3) is 0 Å². The van der Waals surface area contributed by atoms with Gasteiger partial charge in [0.2, 0.25) is 10.0 Å². The van der Waals surface area contributed by atoms with Crippen molar-refractivity contribution in [2.45, 2.75) is 38.5 Å². The minimum atomic E-state index is -3.55. The molecule has 2 rings (SSSR count). The van der Waals surface area contributed by atoms with Gasteiger partial charge in [-0.05, 0) is 38.6 Å². The molecular formula is C12H22ClN3O3S. The van der Waals surface area contributed by atoms with Crippen molar-refractivity contribution < 1.29 is 12.9 Å². The molecule has 1 fully saturated rings. The highest BCUT2D eigenvalue weighted by Crippen LogP contribution is 2.26. The van der Waals surface area contributed by atoms with E-state index in [4.69, 9.17) is 4.52 Å². The molecule has 0 spiro atoms. The molecule has 0 radical (unpaired) electrons. The van der Waals surface area contributed by atoms with E-state index >= 15 is 0 Å². The first kappa shape index (κ1) is 17.4. The highest BCUT2D eigenvalue weighted by molar-refractivity contribution is 7.89. The van der Waals surface area contributed by atoms with Crippen molar-refractivity contribution in [2.75, 3.05) is 19.6 Å². The third-order valence-corrected chi connectivity index (χ3v) is 5.26. The largest absolute Gasteiger partial charge is 0.360 e. The zero-order valence-corrected chi connectivity index (χ0v) is 13.7. The molecule has 1 aromatic rings. The van der Waals surface area contributed by atoms with Crippen molar-refractivity contribution in [3.8, 4) is 0 Å². The van der Waals surface area contributed by atoms with E-state index in [0.29, 0.717) is 18.0 Å². The first-order valence-electron chi connectivity index (χ1n) is 6.47. The van der Waals surface area contributed by atoms with Crippen LogP contribution >= 0.6 is 12.4 Å². The maximum absolute atomic E-state index is 12.3. The van der Waals surface area contributed by atoms with Crippen LogP contribution in [0.3, 0.4) is 0 Å². The fourth-order valence-electron chi connectivity index (χ4n) is 2.47. The summed E-state index contributed by atoms with van der Waals surface area (Å²) in [7, 11) is -3.55. The number of rotatable bonds is 4. The molecule has 0 amide bonds. The van der Waals surface area contributed by atoms with Crippen molar-refractivity contribution >= 4 is 22.4 Å². The SMILES string of the molecule is Cc1noc(C)c1S(=O)(=O)NCC1(C)CCCNC1.Cl. The average Bonchev–Trinajstić information content (AvgIpc) is 2.68. The number of hydrogen-bond acceptors (Lipinski definition) is 5. The van der Waals surface area contributed by atoms with Crippen LogP contribution in [0.2, 0.25) is 0 Å². The van der Waals surface area contributed by atoms with Gasteiger partial charge in [-0.2, -0.15) is 0 Å². The molecule has 2 heterocycles. The van der Waals surface area contributed by atoms with Gasteiger partial charge in [0.25, 0.3) is 0 Å². The number of nitrogens with one attached hydrogen (secondary N) is 2. The lowest BCUT2D eigenvalue weighted by molar-refractivity contribution is 0.238. The smallest absolute Gasteiger partial charge is 0.245 e. The van der Waals surface area contributed by atoms with Crippen molar-refractivity contribution in [2.24, 2.45) is 5.41 Å². The first-order chi connectivity index (χ1) is 8.84. The third-order valence-electron chi connectivity index (χ3n) is 3.61. The first-order valence-corrected chi connectivity index (χ1v) is 7.96. The van der Waals surface area contributed by atoms with E-state index in [1.54, 1.807) is 13.8 Å². The maximum atomic E-state index is 12.3. The Morgan fingerprint density at radius 1 is 1.45 bits per heavy atom. The molecule has 1 unspecified atom stereocenters. The molecule has 20 heavy (non-hydrogen) atoms. The molecule has 0 aliphatic carbocycles. The van der Waals surface area contributed by atoms with Crippen LogP contribution in [-0.4, -0.2) is 33.2 Å². The van der Waals surface area contributed by atoms with Crippen molar-refractivity contribution in [3.05, 3.63) is 11.5 Å². The quantitative estimate of drug-likeness (QED) is 0.874. The summed E-state index contributed by atoms with van der Waals surface area (Å²) < 4.78 is 32.2. The summed E-state index contributed by atoms with van der Waals surface area (Å²) in [4.78, 5) is 0.167. The Morgan fingerprint density at radius 3 is 2.65 bits per heavy atom. The van der Waals surface area contributed by atoms with Gasteiger partial charge in [-0.15, -0.1) is 12.4 Å². The van der Waals surface area contributed by atoms with Crippen LogP contribution in [0.5, 0.6) is 0 Å². The Balaban J connectivity index is 0.00000200. The normalized spacial score (nSPS) is 23.4. The zero-order valence-electron chi connectivity index (χ0n) is 12.0. The summed E-state index contributed by atoms with van der Waals surface area (Å²) in [6.45, 7) is 7.60. The predicted molar refractivity (Wildman–Crippen MR) is 78.6 cm³/mol. The number of sulfonamides is 1. The van der Waals surface area contributed by atoms with E-state index in [1.165, 1.54) is 0 Å². The van der Waals surface area contributed by atoms with E-state index in [1.807, 2.05) is 0 Å². The van der Waals surface area contributed by atoms with Crippen LogP contribution in [0.15, 0.2) is 9.42 Å². The summed E-state index contributed by atoms with van der Waals surface area (Å²) in [6, 6.07) is 0. The number of nitrogens with zero attached hydrogens (tertiary/aromatic N) is 1. The predicted octanol–water partition coefficient (Wildman–Crippen LogP) is 1.38. The van der Waals surface area contributed by atoms with Gasteiger partial charge in [0, 0.05) is 13.1 Å². The highest BCUT2D eigenvalue weighted by Gasteiger charge is 2.30. The maximum Gasteiger partial charge on any atom is 0.245 e. The minimum Gasteiger partial charge on any atom is -0.360 e. The van der Waals surface area contributed by atoms with Gasteiger partial charge in [0.1, 0.15) is 10.6 Å². The molecule has 2 N–H and O–H groups in total. The van der Waals surface area contributed by atoms with E-state index in [9.17, 15) is 8.42 Å². The van der Waals surface area contributed by atoms with Gasteiger partial charge < -0.3 is 9.84 Å². The summed E-state index contributed by atoms with van der Waals surface area (Å²) >= 11 is 0. The van der Waals surface area contributed by atoms with Gasteiger partial charge in [-0.3, -0.25) is 0 Å². The molecule has 1 saturated heterocycles. The number of hydrogen-bond donors (Lipinski definition) is 2. The minimum absolute atomic E-state index is 0. The highest BCUT2D eigenvalue weighted by atomic mass is 35.5. The average molecular weight is 324 g/mol. The number of piperidine rings is 1. The van der Waals surface area contributed by atoms with Crippen LogP contribution in [0, 0.1) is 19.3 Å². The van der Waals surface area contributed by atoms with E-state index < -0.39 is 10.0 Å². The van der Waals surface area contributed by atoms with Crippen molar-refractivity contribution in [3.63, 3.8) is 0 Å². The fraction of sp³-hybridized carbons (Fsp3) is 0.750. The number of aryl methyl sites for hydroxylation is 2. The molecule has 8 heteroatoms. The van der Waals surface area contributed by atoms with Crippen molar-refractivity contribution in [1.82, 2.24) is 15.2 Å². The second-order valence-corrected chi connectivity index (χ2v) is 7.27. The summed E-state index contributed by atoms with van der Waals surface area (Å²) in [5.74, 6) is 0.330. The monoisotopic (exact) mass is 323 g/mol. The second-order valence-electron chi connectivity index (χ2n) is 5.57. The lowest BCUT2D eigenvalue weighted by atomic mass is 9.83. The molecule has 116 valence electrons. The Bertz CT molecular complexity index is 531. The summed E-state index contributed by atoms with van der Waals surface area (Å²) in [5, 5.41) is 6.99. The summed E-state index contributed by atoms with van der Waals surface area (Å²) in [5.41, 5.74) is 0.363. The summed E-state index contributed by atoms with van der Waals surface area (Å²) in [6.07, 6.45) is 2.09. The molecular weight excluding hydrogens is 302 g/mol. The van der Waals surface area contributed by atoms with Crippen LogP contribution in [-0.2, 0) is 10.0 Å². The third kappa shape index (κ3) is 3.72. The fourth-order valence-corrected chi connectivity index (χ4v) is 3.99. The standard InChI is InChI=1S/C12H21N3O3S.ClH/c1-9-11(10(2)18-15-9)19(16,17)14-8-12(3)5-4-6-13-7-12;/h13-14H,4-8H2,1-3H3;1H. The molecule has 0 aromatic carbocycles. The molecule has 0 saturated carbocycles. The Morgan fingerprint density at radius 2 is 2.15 bits per heavy atom. The van der Waals surface area contributed by atoms with Crippen LogP contribution < -0.4 is 10.0 Å². The lowest BCUT2D eigenvalue weighted by Gasteiger charge is -2.34. The topological polar surface area (TPSA) is 84.2 Å². The second kappa shape index (κ2) is 6.43. The molecule has 0 bridgehead atoms. The van der Waals surface area contributed by atoms with Crippen LogP contribution in [0.1, 0.15) is 31.2 Å². The Kier molecular flexibility index (Phi) is 5.60. The Hall–Kier alpha value is -0.630. The Labute approximate surface area is 126 Å². The van der Waals surface area contributed by atoms with Gasteiger partial charge >= 0.3 is 0 Å². The molecule has 1 aliphatic heterocycles.